The Balaban J connectivity index is 6.70. The van der Waals surface area contributed by atoms with Gasteiger partial charge in [-0.1, -0.05) is 0 Å². The molecule has 0 fully saturated rings. The van der Waals surface area contributed by atoms with Gasteiger partial charge in [-0.15, -0.1) is 0 Å². The standard InChI is InChI=1S/C8H3F14NO6S/c9-2(1(24)25,4(11,12)13)28-6(17,18)3(10,5(14,15)16)29-7(19,20)8(21,22)30(23,26)27/h(H,24,25)(H2,23,26,27). The SMILES string of the molecule is NS(=O)(=O)C(F)(F)C(F)(F)OC(F)(C(F)(F)F)C(F)(F)OC(F)(C(=O)O)C(F)(F)F. The molecule has 0 aliphatic heterocycles. The molecule has 0 amide bonds. The number of nitrogens with two attached hydrogens (primary N) is 1. The largest absolute Gasteiger partial charge is 0.477 e. The minimum Gasteiger partial charge on any atom is -0.477 e. The average molecular weight is 507 g/mol. The van der Waals surface area contributed by atoms with Crippen LogP contribution in [0, 0.1) is 0 Å². The van der Waals surface area contributed by atoms with Crippen LogP contribution in [-0.4, -0.2) is 61.0 Å². The third-order valence-corrected chi connectivity index (χ3v) is 3.56. The van der Waals surface area contributed by atoms with Crippen LogP contribution in [-0.2, 0) is 24.3 Å². The first kappa shape index (κ1) is 28.3. The number of hydrogen-bond donors (Lipinski definition) is 2. The fraction of sp³-hybridized carbons (Fsp3) is 0.875. The number of carboxylic acid groups (broad SMARTS) is 1. The molecule has 0 aromatic heterocycles. The number of hydrogen-bond acceptors (Lipinski definition) is 5. The number of halogens is 14. The van der Waals surface area contributed by atoms with E-state index in [0.717, 1.165) is 0 Å². The predicted molar refractivity (Wildman–Crippen MR) is 57.5 cm³/mol. The lowest BCUT2D eigenvalue weighted by atomic mass is 10.2. The van der Waals surface area contributed by atoms with Gasteiger partial charge < -0.3 is 5.11 Å². The van der Waals surface area contributed by atoms with Crippen molar-refractivity contribution in [2.24, 2.45) is 5.14 Å². The van der Waals surface area contributed by atoms with E-state index < -0.39 is 57.5 Å². The molecule has 0 saturated carbocycles. The number of carbonyl (C=O) groups is 1. The van der Waals surface area contributed by atoms with Crippen molar-refractivity contribution < 1.29 is 89.3 Å². The van der Waals surface area contributed by atoms with Crippen molar-refractivity contribution in [3.05, 3.63) is 0 Å². The summed E-state index contributed by atoms with van der Waals surface area (Å²) in [6.45, 7) is 0. The summed E-state index contributed by atoms with van der Waals surface area (Å²) in [6.07, 6.45) is -30.4. The van der Waals surface area contributed by atoms with Gasteiger partial charge in [0.05, 0.1) is 0 Å². The van der Waals surface area contributed by atoms with E-state index in [1.165, 1.54) is 4.74 Å². The third kappa shape index (κ3) is 4.49. The third-order valence-electron chi connectivity index (χ3n) is 2.61. The van der Waals surface area contributed by atoms with E-state index in [1.807, 2.05) is 0 Å². The fourth-order valence-corrected chi connectivity index (χ4v) is 1.52. The van der Waals surface area contributed by atoms with Crippen LogP contribution >= 0.6 is 0 Å². The molecule has 2 atom stereocenters. The van der Waals surface area contributed by atoms with Crippen LogP contribution in [0.1, 0.15) is 0 Å². The Kier molecular flexibility index (Phi) is 6.78. The molecule has 0 rings (SSSR count). The van der Waals surface area contributed by atoms with Crippen molar-refractivity contribution in [3.8, 4) is 0 Å². The maximum absolute atomic E-state index is 13.7. The lowest BCUT2D eigenvalue weighted by Gasteiger charge is -2.39. The topological polar surface area (TPSA) is 116 Å². The summed E-state index contributed by atoms with van der Waals surface area (Å²) in [5, 5.41) is 4.26. The van der Waals surface area contributed by atoms with Gasteiger partial charge in [0.1, 0.15) is 0 Å². The molecule has 7 nitrogen and oxygen atoms in total. The number of alkyl halides is 14. The minimum atomic E-state index is -7.91. The van der Waals surface area contributed by atoms with E-state index in [2.05, 4.69) is 5.14 Å². The zero-order chi connectivity index (χ0) is 25.0. The summed E-state index contributed by atoms with van der Waals surface area (Å²) in [6, 6.07) is 0. The van der Waals surface area contributed by atoms with Crippen LogP contribution in [0.25, 0.3) is 0 Å². The van der Waals surface area contributed by atoms with Crippen molar-refractivity contribution in [1.82, 2.24) is 0 Å². The molecule has 180 valence electrons. The van der Waals surface area contributed by atoms with Crippen LogP contribution in [0.3, 0.4) is 0 Å². The summed E-state index contributed by atoms with van der Waals surface area (Å²) >= 11 is 0. The Labute approximate surface area is 153 Å². The van der Waals surface area contributed by atoms with Crippen molar-refractivity contribution in [1.29, 1.82) is 0 Å². The van der Waals surface area contributed by atoms with E-state index in [9.17, 15) is 74.7 Å². The Morgan fingerprint density at radius 3 is 1.30 bits per heavy atom. The van der Waals surface area contributed by atoms with Crippen LogP contribution in [0.4, 0.5) is 61.5 Å². The number of ether oxygens (including phenoxy) is 2. The molecule has 3 N–H and O–H groups in total. The van der Waals surface area contributed by atoms with Gasteiger partial charge in [-0.3, -0.25) is 9.47 Å². The van der Waals surface area contributed by atoms with E-state index in [0.29, 0.717) is 0 Å². The first-order chi connectivity index (χ1) is 12.6. The van der Waals surface area contributed by atoms with E-state index in [1.54, 1.807) is 4.74 Å². The highest BCUT2D eigenvalue weighted by Crippen LogP contribution is 2.54. The lowest BCUT2D eigenvalue weighted by molar-refractivity contribution is -0.534. The molecular formula is C8H3F14NO6S. The monoisotopic (exact) mass is 507 g/mol. The van der Waals surface area contributed by atoms with Crippen LogP contribution in [0.2, 0.25) is 0 Å². The number of rotatable bonds is 8. The highest BCUT2D eigenvalue weighted by molar-refractivity contribution is 7.90. The fourth-order valence-electron chi connectivity index (χ4n) is 1.15. The zero-order valence-electron chi connectivity index (χ0n) is 12.8. The Bertz CT molecular complexity index is 776. The molecule has 0 spiro atoms. The zero-order valence-corrected chi connectivity index (χ0v) is 13.6. The molecule has 0 bridgehead atoms. The molecule has 30 heavy (non-hydrogen) atoms. The van der Waals surface area contributed by atoms with Gasteiger partial charge in [-0.05, 0) is 0 Å². The minimum absolute atomic E-state index is 1.45. The molecular weight excluding hydrogens is 504 g/mol. The van der Waals surface area contributed by atoms with E-state index >= 15 is 0 Å². The second-order valence-electron chi connectivity index (χ2n) is 4.79. The highest BCUT2D eigenvalue weighted by atomic mass is 32.2. The number of carboxylic acids is 1. The van der Waals surface area contributed by atoms with Crippen molar-refractivity contribution >= 4 is 16.0 Å². The molecule has 0 aromatic carbocycles. The number of primary sulfonamides is 1. The van der Waals surface area contributed by atoms with Crippen molar-refractivity contribution in [2.45, 2.75) is 41.5 Å². The Hall–Kier alpha value is -1.68. The normalized spacial score (nSPS) is 19.2. The smallest absolute Gasteiger partial charge is 0.460 e. The van der Waals surface area contributed by atoms with Crippen LogP contribution < -0.4 is 5.14 Å². The first-order valence-corrected chi connectivity index (χ1v) is 7.46. The maximum atomic E-state index is 13.7. The van der Waals surface area contributed by atoms with Crippen molar-refractivity contribution in [2.75, 3.05) is 0 Å². The Morgan fingerprint density at radius 1 is 0.700 bits per heavy atom. The van der Waals surface area contributed by atoms with Crippen LogP contribution in [0.15, 0.2) is 0 Å². The van der Waals surface area contributed by atoms with Crippen LogP contribution in [0.5, 0.6) is 0 Å². The second-order valence-corrected chi connectivity index (χ2v) is 6.39. The Morgan fingerprint density at radius 2 is 1.07 bits per heavy atom. The number of aliphatic carboxylic acids is 1. The summed E-state index contributed by atoms with van der Waals surface area (Å²) in [4.78, 5) is 10.1. The van der Waals surface area contributed by atoms with E-state index in [-0.39, 0.29) is 0 Å². The van der Waals surface area contributed by atoms with E-state index in [4.69, 9.17) is 5.11 Å². The maximum Gasteiger partial charge on any atom is 0.460 e. The summed E-state index contributed by atoms with van der Waals surface area (Å²) in [5.74, 6) is -19.1. The van der Waals surface area contributed by atoms with Gasteiger partial charge in [-0.25, -0.2) is 18.4 Å². The lowest BCUT2D eigenvalue weighted by Crippen LogP contribution is -2.67. The summed E-state index contributed by atoms with van der Waals surface area (Å²) in [5.41, 5.74) is 0. The molecule has 22 heteroatoms. The van der Waals surface area contributed by atoms with Gasteiger partial charge in [-0.2, -0.15) is 61.5 Å². The predicted octanol–water partition coefficient (Wildman–Crippen LogP) is 2.63. The second kappa shape index (κ2) is 7.19. The number of sulfonamides is 1. The molecule has 0 heterocycles. The molecule has 0 saturated heterocycles. The molecule has 0 aliphatic carbocycles. The van der Waals surface area contributed by atoms with Crippen molar-refractivity contribution in [3.63, 3.8) is 0 Å². The molecule has 0 aromatic rings. The van der Waals surface area contributed by atoms with Gasteiger partial charge in [0.2, 0.25) is 0 Å². The van der Waals surface area contributed by atoms with Gasteiger partial charge in [0.25, 0.3) is 10.0 Å². The quantitative estimate of drug-likeness (QED) is 0.489. The average Bonchev–Trinajstić information content (AvgIpc) is 2.41. The molecule has 0 aliphatic rings. The molecule has 0 radical (unpaired) electrons. The highest BCUT2D eigenvalue weighted by Gasteiger charge is 2.84. The van der Waals surface area contributed by atoms with Gasteiger partial charge in [0.15, 0.2) is 0 Å². The van der Waals surface area contributed by atoms with Gasteiger partial charge >= 0.3 is 47.5 Å². The summed E-state index contributed by atoms with van der Waals surface area (Å²) < 4.78 is 203. The molecule has 2 unspecified atom stereocenters. The summed E-state index contributed by atoms with van der Waals surface area (Å²) in [7, 11) is -7.07. The first-order valence-electron chi connectivity index (χ1n) is 5.91. The van der Waals surface area contributed by atoms with Gasteiger partial charge in [0, 0.05) is 0 Å².